The second kappa shape index (κ2) is 8.22. The summed E-state index contributed by atoms with van der Waals surface area (Å²) in [6.45, 7) is 4.33. The van der Waals surface area contributed by atoms with Gasteiger partial charge in [-0.3, -0.25) is 4.57 Å². The predicted molar refractivity (Wildman–Crippen MR) is 85.0 cm³/mol. The van der Waals surface area contributed by atoms with Gasteiger partial charge in [0, 0.05) is 18.2 Å². The van der Waals surface area contributed by atoms with E-state index in [1.807, 2.05) is 18.2 Å². The van der Waals surface area contributed by atoms with Gasteiger partial charge in [-0.05, 0) is 49.4 Å². The van der Waals surface area contributed by atoms with Crippen molar-refractivity contribution < 1.29 is 53.1 Å². The van der Waals surface area contributed by atoms with E-state index >= 15 is 0 Å². The summed E-state index contributed by atoms with van der Waals surface area (Å²) in [6, 6.07) is 6.04. The van der Waals surface area contributed by atoms with E-state index < -0.39 is 7.82 Å². The first-order valence-electron chi connectivity index (χ1n) is 8.29. The first kappa shape index (κ1) is 20.4. The third kappa shape index (κ3) is 4.85. The third-order valence-electron chi connectivity index (χ3n) is 5.15. The maximum Gasteiger partial charge on any atom is 1.00 e. The van der Waals surface area contributed by atoms with E-state index in [1.165, 1.54) is 25.7 Å². The largest absolute Gasteiger partial charge is 1.00 e. The average Bonchev–Trinajstić information content (AvgIpc) is 3.41. The van der Waals surface area contributed by atoms with Gasteiger partial charge in [0.25, 0.3) is 0 Å². The van der Waals surface area contributed by atoms with E-state index in [4.69, 9.17) is 4.89 Å². The van der Waals surface area contributed by atoms with E-state index in [1.54, 1.807) is 0 Å². The van der Waals surface area contributed by atoms with Crippen LogP contribution < -0.4 is 39.3 Å². The Bertz CT molecular complexity index is 579. The van der Waals surface area contributed by atoms with Gasteiger partial charge >= 0.3 is 37.4 Å². The fraction of sp³-hybridized carbons (Fsp3) is 0.647. The number of hydrogen-bond acceptors (Lipinski definition) is 5. The molecule has 24 heavy (non-hydrogen) atoms. The molecule has 2 aliphatic rings. The Morgan fingerprint density at radius 1 is 1.08 bits per heavy atom. The van der Waals surface area contributed by atoms with Gasteiger partial charge < -0.3 is 14.3 Å². The number of hydrogen-bond donors (Lipinski definition) is 0. The molecule has 5 nitrogen and oxygen atoms in total. The minimum Gasteiger partial charge on any atom is -0.754 e. The molecule has 7 heteroatoms. The molecule has 0 aliphatic heterocycles. The van der Waals surface area contributed by atoms with Crippen molar-refractivity contribution in [1.82, 2.24) is 0 Å². The van der Waals surface area contributed by atoms with Crippen molar-refractivity contribution in [2.45, 2.75) is 51.4 Å². The van der Waals surface area contributed by atoms with Crippen LogP contribution in [0.3, 0.4) is 0 Å². The van der Waals surface area contributed by atoms with E-state index in [2.05, 4.69) is 23.0 Å². The molecule has 2 fully saturated rings. The van der Waals surface area contributed by atoms with E-state index in [9.17, 15) is 9.46 Å². The summed E-state index contributed by atoms with van der Waals surface area (Å²) in [4.78, 5) is 16.8. The number of para-hydroxylation sites is 1. The summed E-state index contributed by atoms with van der Waals surface area (Å²) in [5, 5.41) is 0. The first-order valence-corrected chi connectivity index (χ1v) is 9.75. The first-order chi connectivity index (χ1) is 10.9. The Morgan fingerprint density at radius 3 is 1.92 bits per heavy atom. The maximum atomic E-state index is 11.5. The van der Waals surface area contributed by atoms with Crippen molar-refractivity contribution >= 4 is 7.82 Å². The Labute approximate surface area is 165 Å². The summed E-state index contributed by atoms with van der Waals surface area (Å²) in [6.07, 6.45) is 4.84. The van der Waals surface area contributed by atoms with Crippen LogP contribution in [0.2, 0.25) is 0 Å². The van der Waals surface area contributed by atoms with Crippen LogP contribution in [-0.2, 0) is 13.8 Å². The standard InChI is InChI=1S/C17H25O5P.Na/c1-11(13-7-8-13)15-5-4-6-16(12(2)14-9-10-14)17(15)21-22-23(18,19)20-3;/h4-6,11-14H,7-10H2,1-3H3,(H,18,19);/q;+1/p-1/t11-,12-;/m1./s1. The van der Waals surface area contributed by atoms with Crippen molar-refractivity contribution in [3.8, 4) is 5.75 Å². The van der Waals surface area contributed by atoms with Gasteiger partial charge in [-0.15, -0.1) is 4.67 Å². The van der Waals surface area contributed by atoms with E-state index in [0.717, 1.165) is 18.2 Å². The number of phosphoric acid groups is 1. The van der Waals surface area contributed by atoms with Crippen molar-refractivity contribution in [2.24, 2.45) is 11.8 Å². The van der Waals surface area contributed by atoms with Crippen molar-refractivity contribution in [3.63, 3.8) is 0 Å². The molecular formula is C17H24NaO5P. The molecule has 3 atom stereocenters. The normalized spacial score (nSPS) is 22.2. The topological polar surface area (TPSA) is 67.8 Å². The SMILES string of the molecule is COP(=O)([O-])OOc1c([C@H](C)C2CC2)cccc1[C@H](C)C1CC1.[Na+]. The Morgan fingerprint density at radius 2 is 1.54 bits per heavy atom. The summed E-state index contributed by atoms with van der Waals surface area (Å²) in [5.41, 5.74) is 2.04. The van der Waals surface area contributed by atoms with Crippen LogP contribution in [0, 0.1) is 11.8 Å². The maximum absolute atomic E-state index is 11.5. The van der Waals surface area contributed by atoms with Crippen molar-refractivity contribution in [2.75, 3.05) is 7.11 Å². The molecule has 1 unspecified atom stereocenters. The molecule has 1 aromatic rings. The predicted octanol–water partition coefficient (Wildman–Crippen LogP) is 1.14. The van der Waals surface area contributed by atoms with Gasteiger partial charge in [-0.1, -0.05) is 32.0 Å². The fourth-order valence-electron chi connectivity index (χ4n) is 3.20. The molecule has 0 heterocycles. The van der Waals surface area contributed by atoms with E-state index in [0.29, 0.717) is 29.4 Å². The molecule has 0 N–H and O–H groups in total. The number of rotatable bonds is 8. The Balaban J connectivity index is 0.00000208. The van der Waals surface area contributed by atoms with Crippen LogP contribution in [-0.4, -0.2) is 7.11 Å². The van der Waals surface area contributed by atoms with Gasteiger partial charge in [-0.25, -0.2) is 0 Å². The molecule has 1 aromatic carbocycles. The molecule has 0 aromatic heterocycles. The molecule has 0 radical (unpaired) electrons. The van der Waals surface area contributed by atoms with Crippen LogP contribution in [0.5, 0.6) is 5.75 Å². The summed E-state index contributed by atoms with van der Waals surface area (Å²) >= 11 is 0. The van der Waals surface area contributed by atoms with Gasteiger partial charge in [0.15, 0.2) is 5.75 Å². The molecule has 0 spiro atoms. The van der Waals surface area contributed by atoms with Crippen molar-refractivity contribution in [1.29, 1.82) is 0 Å². The number of phosphoric ester groups is 1. The molecule has 2 aliphatic carbocycles. The van der Waals surface area contributed by atoms with Crippen LogP contribution in [0.25, 0.3) is 0 Å². The van der Waals surface area contributed by atoms with Gasteiger partial charge in [0.1, 0.15) is 0 Å². The molecule has 3 rings (SSSR count). The minimum atomic E-state index is -4.43. The van der Waals surface area contributed by atoms with Gasteiger partial charge in [0.2, 0.25) is 0 Å². The van der Waals surface area contributed by atoms with Crippen LogP contribution in [0.1, 0.15) is 62.5 Å². The Kier molecular flexibility index (Phi) is 7.00. The molecule has 2 saturated carbocycles. The van der Waals surface area contributed by atoms with Crippen LogP contribution >= 0.6 is 7.82 Å². The quantitative estimate of drug-likeness (QED) is 0.300. The second-order valence-electron chi connectivity index (χ2n) is 6.81. The average molecular weight is 362 g/mol. The minimum absolute atomic E-state index is 0. The molecule has 0 amide bonds. The molecule has 0 bridgehead atoms. The fourth-order valence-corrected chi connectivity index (χ4v) is 3.43. The van der Waals surface area contributed by atoms with Gasteiger partial charge in [0.05, 0.1) is 0 Å². The molecular weight excluding hydrogens is 338 g/mol. The summed E-state index contributed by atoms with van der Waals surface area (Å²) in [5.74, 6) is 2.50. The summed E-state index contributed by atoms with van der Waals surface area (Å²) < 4.78 is 20.4. The number of benzene rings is 1. The zero-order valence-electron chi connectivity index (χ0n) is 14.9. The van der Waals surface area contributed by atoms with Gasteiger partial charge in [-0.2, -0.15) is 0 Å². The zero-order valence-corrected chi connectivity index (χ0v) is 17.8. The molecule has 128 valence electrons. The second-order valence-corrected chi connectivity index (χ2v) is 8.21. The molecule has 0 saturated heterocycles. The van der Waals surface area contributed by atoms with Crippen molar-refractivity contribution in [3.05, 3.63) is 29.3 Å². The summed E-state index contributed by atoms with van der Waals surface area (Å²) in [7, 11) is -3.37. The zero-order chi connectivity index (χ0) is 16.6. The Hall–Kier alpha value is 0.130. The van der Waals surface area contributed by atoms with Crippen LogP contribution in [0.15, 0.2) is 18.2 Å². The van der Waals surface area contributed by atoms with E-state index in [-0.39, 0.29) is 29.6 Å². The monoisotopic (exact) mass is 362 g/mol. The smallest absolute Gasteiger partial charge is 0.754 e. The van der Waals surface area contributed by atoms with Crippen LogP contribution in [0.4, 0.5) is 0 Å². The third-order valence-corrected chi connectivity index (χ3v) is 5.86.